The fourth-order valence-electron chi connectivity index (χ4n) is 3.27. The second-order valence-electron chi connectivity index (χ2n) is 6.51. The lowest BCUT2D eigenvalue weighted by Crippen LogP contribution is -2.46. The summed E-state index contributed by atoms with van der Waals surface area (Å²) in [7, 11) is 1.79. The zero-order valence-electron chi connectivity index (χ0n) is 16.1. The molecule has 1 fully saturated rings. The minimum absolute atomic E-state index is 0. The summed E-state index contributed by atoms with van der Waals surface area (Å²) in [6.07, 6.45) is 0. The Bertz CT molecular complexity index is 738. The van der Waals surface area contributed by atoms with Gasteiger partial charge < -0.3 is 15.4 Å². The van der Waals surface area contributed by atoms with Crippen molar-refractivity contribution >= 4 is 41.5 Å². The van der Waals surface area contributed by atoms with Crippen LogP contribution in [0.1, 0.15) is 17.2 Å². The molecule has 1 saturated heterocycles. The third kappa shape index (κ3) is 6.92. The van der Waals surface area contributed by atoms with Crippen molar-refractivity contribution in [2.45, 2.75) is 12.6 Å². The van der Waals surface area contributed by atoms with Crippen LogP contribution >= 0.6 is 35.6 Å². The van der Waals surface area contributed by atoms with Gasteiger partial charge in [-0.2, -0.15) is 0 Å². The molecule has 2 aromatic rings. The number of nitrogens with one attached hydrogen (secondary N) is 2. The number of hydrogen-bond acceptors (Lipinski definition) is 3. The van der Waals surface area contributed by atoms with Crippen LogP contribution in [-0.2, 0) is 11.3 Å². The third-order valence-electron chi connectivity index (χ3n) is 4.71. The maximum absolute atomic E-state index is 6.06. The lowest BCUT2D eigenvalue weighted by molar-refractivity contribution is 0.0170. The first-order chi connectivity index (χ1) is 13.3. The standard InChI is InChI=1S/C21H27ClN4O.HI/c1-23-21(24-15-17-6-5-9-19(22)14-17)25-16-20(18-7-3-2-4-8-18)26-10-12-27-13-11-26;/h2-9,14,20H,10-13,15-16H2,1H3,(H2,23,24,25);1H. The molecule has 7 heteroatoms. The molecule has 1 aliphatic heterocycles. The van der Waals surface area contributed by atoms with Crippen molar-refractivity contribution in [2.24, 2.45) is 4.99 Å². The van der Waals surface area contributed by atoms with E-state index in [2.05, 4.69) is 50.9 Å². The SMILES string of the molecule is CN=C(NCc1cccc(Cl)c1)NCC(c1ccccc1)N1CCOCC1.I. The number of guanidine groups is 1. The molecule has 0 bridgehead atoms. The zero-order valence-corrected chi connectivity index (χ0v) is 19.2. The van der Waals surface area contributed by atoms with E-state index < -0.39 is 0 Å². The fraction of sp³-hybridized carbons (Fsp3) is 0.381. The summed E-state index contributed by atoms with van der Waals surface area (Å²) in [6, 6.07) is 18.7. The fourth-order valence-corrected chi connectivity index (χ4v) is 3.48. The first-order valence-corrected chi connectivity index (χ1v) is 9.70. The summed E-state index contributed by atoms with van der Waals surface area (Å²) < 4.78 is 5.52. The molecular weight excluding hydrogens is 487 g/mol. The molecule has 3 rings (SSSR count). The monoisotopic (exact) mass is 514 g/mol. The van der Waals surface area contributed by atoms with Crippen LogP contribution in [0.4, 0.5) is 0 Å². The molecule has 1 atom stereocenters. The molecule has 0 saturated carbocycles. The van der Waals surface area contributed by atoms with Crippen molar-refractivity contribution in [3.05, 3.63) is 70.7 Å². The molecule has 0 amide bonds. The highest BCUT2D eigenvalue weighted by Crippen LogP contribution is 2.21. The van der Waals surface area contributed by atoms with E-state index in [0.717, 1.165) is 49.4 Å². The number of halogens is 2. The van der Waals surface area contributed by atoms with Gasteiger partial charge in [0.05, 0.1) is 19.3 Å². The van der Waals surface area contributed by atoms with E-state index in [1.54, 1.807) is 7.05 Å². The van der Waals surface area contributed by atoms with Crippen molar-refractivity contribution in [3.8, 4) is 0 Å². The topological polar surface area (TPSA) is 48.9 Å². The number of rotatable bonds is 6. The molecule has 1 unspecified atom stereocenters. The van der Waals surface area contributed by atoms with Gasteiger partial charge in [-0.3, -0.25) is 9.89 Å². The Kier molecular flexibility index (Phi) is 10.0. The maximum Gasteiger partial charge on any atom is 0.191 e. The van der Waals surface area contributed by atoms with Crippen LogP contribution in [0, 0.1) is 0 Å². The van der Waals surface area contributed by atoms with Crippen LogP contribution in [0.25, 0.3) is 0 Å². The number of morpholine rings is 1. The van der Waals surface area contributed by atoms with Gasteiger partial charge in [-0.1, -0.05) is 54.1 Å². The van der Waals surface area contributed by atoms with Crippen LogP contribution in [0.2, 0.25) is 5.02 Å². The van der Waals surface area contributed by atoms with E-state index >= 15 is 0 Å². The van der Waals surface area contributed by atoms with Gasteiger partial charge in [0.15, 0.2) is 5.96 Å². The van der Waals surface area contributed by atoms with Gasteiger partial charge in [0, 0.05) is 38.2 Å². The van der Waals surface area contributed by atoms with E-state index in [9.17, 15) is 0 Å². The summed E-state index contributed by atoms with van der Waals surface area (Å²) in [6.45, 7) is 4.90. The van der Waals surface area contributed by atoms with Crippen molar-refractivity contribution < 1.29 is 4.74 Å². The van der Waals surface area contributed by atoms with Crippen molar-refractivity contribution in [1.29, 1.82) is 0 Å². The van der Waals surface area contributed by atoms with Gasteiger partial charge in [0.2, 0.25) is 0 Å². The van der Waals surface area contributed by atoms with E-state index in [-0.39, 0.29) is 30.0 Å². The predicted octanol–water partition coefficient (Wildman–Crippen LogP) is 3.70. The largest absolute Gasteiger partial charge is 0.379 e. The van der Waals surface area contributed by atoms with E-state index in [0.29, 0.717) is 6.54 Å². The molecule has 0 aromatic heterocycles. The first kappa shape index (κ1) is 22.9. The van der Waals surface area contributed by atoms with Gasteiger partial charge in [-0.15, -0.1) is 24.0 Å². The Balaban J connectivity index is 0.00000280. The lowest BCUT2D eigenvalue weighted by atomic mass is 10.0. The summed E-state index contributed by atoms with van der Waals surface area (Å²) in [4.78, 5) is 6.82. The number of ether oxygens (including phenoxy) is 1. The highest BCUT2D eigenvalue weighted by molar-refractivity contribution is 14.0. The second-order valence-corrected chi connectivity index (χ2v) is 6.95. The lowest BCUT2D eigenvalue weighted by Gasteiger charge is -2.35. The van der Waals surface area contributed by atoms with E-state index in [4.69, 9.17) is 16.3 Å². The highest BCUT2D eigenvalue weighted by atomic mass is 127. The number of benzene rings is 2. The quantitative estimate of drug-likeness (QED) is 0.351. The van der Waals surface area contributed by atoms with Gasteiger partial charge in [-0.25, -0.2) is 0 Å². The minimum Gasteiger partial charge on any atom is -0.379 e. The Morgan fingerprint density at radius 1 is 1.11 bits per heavy atom. The molecule has 0 spiro atoms. The second kappa shape index (κ2) is 12.3. The predicted molar refractivity (Wildman–Crippen MR) is 127 cm³/mol. The third-order valence-corrected chi connectivity index (χ3v) is 4.94. The summed E-state index contributed by atoms with van der Waals surface area (Å²) in [5.41, 5.74) is 2.43. The zero-order chi connectivity index (χ0) is 18.9. The first-order valence-electron chi connectivity index (χ1n) is 9.32. The Morgan fingerprint density at radius 2 is 1.86 bits per heavy atom. The molecule has 0 aliphatic carbocycles. The molecule has 5 nitrogen and oxygen atoms in total. The maximum atomic E-state index is 6.06. The van der Waals surface area contributed by atoms with Crippen molar-refractivity contribution in [2.75, 3.05) is 39.9 Å². The molecule has 28 heavy (non-hydrogen) atoms. The average Bonchev–Trinajstić information content (AvgIpc) is 2.72. The number of hydrogen-bond donors (Lipinski definition) is 2. The van der Waals surface area contributed by atoms with Crippen molar-refractivity contribution in [3.63, 3.8) is 0 Å². The number of nitrogens with zero attached hydrogens (tertiary/aromatic N) is 2. The van der Waals surface area contributed by atoms with Crippen LogP contribution < -0.4 is 10.6 Å². The van der Waals surface area contributed by atoms with Gasteiger partial charge in [-0.05, 0) is 23.3 Å². The highest BCUT2D eigenvalue weighted by Gasteiger charge is 2.22. The minimum atomic E-state index is 0. The molecular formula is C21H28ClIN4O. The normalized spacial score (nSPS) is 16.1. The Morgan fingerprint density at radius 3 is 2.54 bits per heavy atom. The van der Waals surface area contributed by atoms with Gasteiger partial charge in [0.25, 0.3) is 0 Å². The van der Waals surface area contributed by atoms with E-state index in [1.807, 2.05) is 24.3 Å². The molecule has 1 heterocycles. The van der Waals surface area contributed by atoms with Crippen LogP contribution in [0.3, 0.4) is 0 Å². The molecule has 2 aromatic carbocycles. The summed E-state index contributed by atoms with van der Waals surface area (Å²) in [5.74, 6) is 0.782. The van der Waals surface area contributed by atoms with Crippen molar-refractivity contribution in [1.82, 2.24) is 15.5 Å². The summed E-state index contributed by atoms with van der Waals surface area (Å²) >= 11 is 6.06. The summed E-state index contributed by atoms with van der Waals surface area (Å²) in [5, 5.41) is 7.58. The van der Waals surface area contributed by atoms with Gasteiger partial charge in [0.1, 0.15) is 0 Å². The van der Waals surface area contributed by atoms with Crippen LogP contribution in [-0.4, -0.2) is 50.8 Å². The molecule has 1 aliphatic rings. The van der Waals surface area contributed by atoms with Crippen LogP contribution in [0.15, 0.2) is 59.6 Å². The van der Waals surface area contributed by atoms with E-state index in [1.165, 1.54) is 5.56 Å². The Hall–Kier alpha value is -1.35. The molecule has 152 valence electrons. The molecule has 2 N–H and O–H groups in total. The Labute approximate surface area is 189 Å². The van der Waals surface area contributed by atoms with Crippen LogP contribution in [0.5, 0.6) is 0 Å². The van der Waals surface area contributed by atoms with Gasteiger partial charge >= 0.3 is 0 Å². The average molecular weight is 515 g/mol. The smallest absolute Gasteiger partial charge is 0.191 e. The molecule has 0 radical (unpaired) electrons. The number of aliphatic imine (C=N–C) groups is 1.